The average Bonchev–Trinajstić information content (AvgIpc) is 3.27. The number of halogens is 2. The van der Waals surface area contributed by atoms with Gasteiger partial charge in [-0.2, -0.15) is 4.98 Å². The number of aromatic nitrogens is 2. The number of carbonyl (C=O) groups is 1. The zero-order valence-corrected chi connectivity index (χ0v) is 18.6. The summed E-state index contributed by atoms with van der Waals surface area (Å²) in [6.07, 6.45) is 1.52. The molecule has 33 heavy (non-hydrogen) atoms. The predicted molar refractivity (Wildman–Crippen MR) is 121 cm³/mol. The summed E-state index contributed by atoms with van der Waals surface area (Å²) >= 11 is 0. The van der Waals surface area contributed by atoms with E-state index in [1.807, 2.05) is 0 Å². The summed E-state index contributed by atoms with van der Waals surface area (Å²) in [6, 6.07) is 10.7. The van der Waals surface area contributed by atoms with E-state index in [4.69, 9.17) is 4.52 Å². The summed E-state index contributed by atoms with van der Waals surface area (Å²) in [4.78, 5) is 21.1. The molecule has 1 aromatic heterocycles. The van der Waals surface area contributed by atoms with Gasteiger partial charge >= 0.3 is 0 Å². The minimum atomic E-state index is -0.328. The van der Waals surface area contributed by atoms with Crippen LogP contribution in [0.3, 0.4) is 0 Å². The van der Waals surface area contributed by atoms with Crippen LogP contribution in [0.2, 0.25) is 0 Å². The first kappa shape index (κ1) is 23.0. The van der Waals surface area contributed by atoms with E-state index in [1.54, 1.807) is 31.2 Å². The Bertz CT molecular complexity index is 1080. The molecule has 1 amide bonds. The number of aryl methyl sites for hydroxylation is 2. The molecule has 1 N–H and O–H groups in total. The first-order chi connectivity index (χ1) is 16.0. The van der Waals surface area contributed by atoms with Crippen LogP contribution in [0.5, 0.6) is 0 Å². The molecule has 0 unspecified atom stereocenters. The number of benzene rings is 2. The van der Waals surface area contributed by atoms with Crippen molar-refractivity contribution in [1.82, 2.24) is 19.9 Å². The van der Waals surface area contributed by atoms with E-state index in [2.05, 4.69) is 25.3 Å². The second kappa shape index (κ2) is 10.6. The number of piperazine rings is 1. The highest BCUT2D eigenvalue weighted by molar-refractivity contribution is 5.92. The zero-order valence-electron chi connectivity index (χ0n) is 18.6. The van der Waals surface area contributed by atoms with Gasteiger partial charge in [-0.05, 0) is 55.8 Å². The molecule has 9 heteroatoms. The zero-order chi connectivity index (χ0) is 23.2. The van der Waals surface area contributed by atoms with Crippen LogP contribution in [-0.4, -0.2) is 65.1 Å². The summed E-state index contributed by atoms with van der Waals surface area (Å²) in [7, 11) is 0. The van der Waals surface area contributed by atoms with E-state index in [-0.39, 0.29) is 17.5 Å². The van der Waals surface area contributed by atoms with Gasteiger partial charge in [-0.3, -0.25) is 9.69 Å². The Morgan fingerprint density at radius 3 is 2.52 bits per heavy atom. The fraction of sp³-hybridized carbons (Fsp3) is 0.375. The Balaban J connectivity index is 1.16. The fourth-order valence-corrected chi connectivity index (χ4v) is 3.77. The van der Waals surface area contributed by atoms with Crippen LogP contribution in [0.4, 0.5) is 14.5 Å². The third-order valence-corrected chi connectivity index (χ3v) is 5.72. The molecule has 7 nitrogen and oxygen atoms in total. The van der Waals surface area contributed by atoms with Crippen molar-refractivity contribution >= 4 is 11.6 Å². The lowest BCUT2D eigenvalue weighted by molar-refractivity contribution is -0.117. The maximum atomic E-state index is 13.8. The van der Waals surface area contributed by atoms with Crippen LogP contribution in [0.1, 0.15) is 17.9 Å². The van der Waals surface area contributed by atoms with Crippen molar-refractivity contribution in [2.45, 2.75) is 19.8 Å². The fourth-order valence-electron chi connectivity index (χ4n) is 3.77. The molecule has 0 saturated carbocycles. The second-order valence-electron chi connectivity index (χ2n) is 8.25. The third-order valence-electron chi connectivity index (χ3n) is 5.72. The lowest BCUT2D eigenvalue weighted by atomic mass is 10.1. The van der Waals surface area contributed by atoms with Crippen LogP contribution in [0, 0.1) is 18.6 Å². The monoisotopic (exact) mass is 455 g/mol. The Hall–Kier alpha value is -3.17. The smallest absolute Gasteiger partial charge is 0.238 e. The summed E-state index contributed by atoms with van der Waals surface area (Å²) in [5.74, 6) is 0.227. The standard InChI is InChI=1S/C24H27F2N5O2/c1-17-4-5-18(15-21(17)26)24-28-23(33-29-24)3-2-10-30-11-13-31(14-12-30)16-22(32)27-20-8-6-19(25)7-9-20/h4-9,15H,2-3,10-14,16H2,1H3,(H,27,32). The quantitative estimate of drug-likeness (QED) is 0.560. The number of rotatable bonds is 8. The minimum absolute atomic E-state index is 0.101. The number of anilines is 1. The average molecular weight is 456 g/mol. The van der Waals surface area contributed by atoms with Gasteiger partial charge in [0.15, 0.2) is 0 Å². The predicted octanol–water partition coefficient (Wildman–Crippen LogP) is 3.51. The molecular weight excluding hydrogens is 428 g/mol. The number of amides is 1. The Morgan fingerprint density at radius 2 is 1.79 bits per heavy atom. The van der Waals surface area contributed by atoms with Gasteiger partial charge in [0, 0.05) is 43.9 Å². The van der Waals surface area contributed by atoms with Gasteiger partial charge < -0.3 is 14.7 Å². The van der Waals surface area contributed by atoms with Gasteiger partial charge in [0.05, 0.1) is 6.54 Å². The van der Waals surface area contributed by atoms with Crippen molar-refractivity contribution in [2.75, 3.05) is 44.6 Å². The highest BCUT2D eigenvalue weighted by atomic mass is 19.1. The van der Waals surface area contributed by atoms with Gasteiger partial charge in [0.2, 0.25) is 17.6 Å². The van der Waals surface area contributed by atoms with Crippen molar-refractivity contribution < 1.29 is 18.1 Å². The molecule has 2 heterocycles. The summed E-state index contributed by atoms with van der Waals surface area (Å²) in [5, 5.41) is 6.76. The highest BCUT2D eigenvalue weighted by Crippen LogP contribution is 2.19. The molecule has 0 atom stereocenters. The van der Waals surface area contributed by atoms with Crippen molar-refractivity contribution in [3.63, 3.8) is 0 Å². The normalized spacial score (nSPS) is 15.0. The van der Waals surface area contributed by atoms with Crippen LogP contribution >= 0.6 is 0 Å². The van der Waals surface area contributed by atoms with Crippen LogP contribution < -0.4 is 5.32 Å². The first-order valence-electron chi connectivity index (χ1n) is 11.1. The molecule has 1 fully saturated rings. The number of hydrogen-bond donors (Lipinski definition) is 1. The van der Waals surface area contributed by atoms with Gasteiger partial charge in [-0.1, -0.05) is 17.3 Å². The molecule has 0 bridgehead atoms. The number of hydrogen-bond acceptors (Lipinski definition) is 6. The van der Waals surface area contributed by atoms with Crippen molar-refractivity contribution in [1.29, 1.82) is 0 Å². The maximum Gasteiger partial charge on any atom is 0.238 e. The lowest BCUT2D eigenvalue weighted by Gasteiger charge is -2.34. The Morgan fingerprint density at radius 1 is 1.06 bits per heavy atom. The lowest BCUT2D eigenvalue weighted by Crippen LogP contribution is -2.48. The van der Waals surface area contributed by atoms with E-state index in [9.17, 15) is 13.6 Å². The Kier molecular flexibility index (Phi) is 7.41. The molecule has 2 aromatic carbocycles. The molecule has 0 spiro atoms. The number of nitrogens with one attached hydrogen (secondary N) is 1. The minimum Gasteiger partial charge on any atom is -0.339 e. The van der Waals surface area contributed by atoms with Gasteiger partial charge in [-0.25, -0.2) is 8.78 Å². The van der Waals surface area contributed by atoms with E-state index >= 15 is 0 Å². The summed E-state index contributed by atoms with van der Waals surface area (Å²) in [5.41, 5.74) is 1.78. The van der Waals surface area contributed by atoms with Crippen LogP contribution in [-0.2, 0) is 11.2 Å². The van der Waals surface area contributed by atoms with Crippen molar-refractivity contribution in [2.24, 2.45) is 0 Å². The summed E-state index contributed by atoms with van der Waals surface area (Å²) in [6.45, 7) is 6.29. The topological polar surface area (TPSA) is 74.5 Å². The Labute approximate surface area is 191 Å². The summed E-state index contributed by atoms with van der Waals surface area (Å²) < 4.78 is 32.0. The molecule has 4 rings (SSSR count). The highest BCUT2D eigenvalue weighted by Gasteiger charge is 2.19. The molecular formula is C24H27F2N5O2. The van der Waals surface area contributed by atoms with E-state index < -0.39 is 0 Å². The number of nitrogens with zero attached hydrogens (tertiary/aromatic N) is 4. The van der Waals surface area contributed by atoms with E-state index in [0.29, 0.717) is 41.5 Å². The van der Waals surface area contributed by atoms with Gasteiger partial charge in [0.25, 0.3) is 0 Å². The van der Waals surface area contributed by atoms with Crippen molar-refractivity contribution in [3.8, 4) is 11.4 Å². The molecule has 3 aromatic rings. The number of carbonyl (C=O) groups excluding carboxylic acids is 1. The van der Waals surface area contributed by atoms with Crippen LogP contribution in [0.15, 0.2) is 47.0 Å². The van der Waals surface area contributed by atoms with E-state index in [0.717, 1.165) is 39.1 Å². The van der Waals surface area contributed by atoms with Crippen LogP contribution in [0.25, 0.3) is 11.4 Å². The third kappa shape index (κ3) is 6.43. The molecule has 174 valence electrons. The largest absolute Gasteiger partial charge is 0.339 e. The SMILES string of the molecule is Cc1ccc(-c2noc(CCCN3CCN(CC(=O)Nc4ccc(F)cc4)CC3)n2)cc1F. The van der Waals surface area contributed by atoms with E-state index in [1.165, 1.54) is 18.2 Å². The molecule has 0 radical (unpaired) electrons. The molecule has 1 aliphatic heterocycles. The molecule has 1 aliphatic rings. The molecule has 0 aliphatic carbocycles. The van der Waals surface area contributed by atoms with Crippen molar-refractivity contribution in [3.05, 3.63) is 65.6 Å². The second-order valence-corrected chi connectivity index (χ2v) is 8.25. The maximum absolute atomic E-state index is 13.8. The van der Waals surface area contributed by atoms with Gasteiger partial charge in [-0.15, -0.1) is 0 Å². The molecule has 1 saturated heterocycles. The first-order valence-corrected chi connectivity index (χ1v) is 11.1. The van der Waals surface area contributed by atoms with Gasteiger partial charge in [0.1, 0.15) is 11.6 Å².